The van der Waals surface area contributed by atoms with Gasteiger partial charge >= 0.3 is 35.8 Å². The Kier molecular flexibility index (Phi) is 90.4. The van der Waals surface area contributed by atoms with Crippen molar-refractivity contribution < 1.29 is 200 Å². The summed E-state index contributed by atoms with van der Waals surface area (Å²) in [7, 11) is 2.44. The van der Waals surface area contributed by atoms with Crippen LogP contribution in [0.5, 0.6) is 0 Å². The number of hydrogen-bond donors (Lipinski definition) is 14. The minimum atomic E-state index is -3.91. The van der Waals surface area contributed by atoms with Crippen molar-refractivity contribution >= 4 is 98.9 Å². The van der Waals surface area contributed by atoms with Crippen LogP contribution in [0.15, 0.2) is 100 Å². The summed E-state index contributed by atoms with van der Waals surface area (Å²) in [4.78, 5) is 111. The number of aryl methyl sites for hydroxylation is 3. The van der Waals surface area contributed by atoms with E-state index >= 15 is 0 Å². The van der Waals surface area contributed by atoms with Crippen LogP contribution in [0.25, 0.3) is 0 Å². The molecule has 0 aromatic heterocycles. The zero-order valence-corrected chi connectivity index (χ0v) is 88.0. The van der Waals surface area contributed by atoms with Gasteiger partial charge in [0.2, 0.25) is 17.7 Å². The number of methoxy groups -OCH3 is 6. The number of aliphatic carboxylic acids is 1. The van der Waals surface area contributed by atoms with Crippen molar-refractivity contribution in [1.82, 2.24) is 16.4 Å². The van der Waals surface area contributed by atoms with Crippen molar-refractivity contribution in [3.63, 3.8) is 0 Å². The van der Waals surface area contributed by atoms with Crippen molar-refractivity contribution in [3.05, 3.63) is 102 Å². The van der Waals surface area contributed by atoms with Crippen LogP contribution in [0.4, 0.5) is 0 Å². The lowest BCUT2D eigenvalue weighted by molar-refractivity contribution is -0.144. The van der Waals surface area contributed by atoms with Crippen molar-refractivity contribution in [2.24, 2.45) is 28.0 Å². The predicted octanol–water partition coefficient (Wildman–Crippen LogP) is 0.862. The standard InChI is InChI=1S/C24H36O11S.C21H33N3O11S.C16H29NO9.C13H20N4O3.C7H7ClO2S.C4H11NO3.C3H3N.C2H4O2.CH4O/c1-19-5-7-20(8-6-19)36(28,29)18-24(15-33-12-9-21(25)30-2,16-34-13-10-22(26)31-3)17-35-14-11-23(27)32-4;1-16-2-4-17(5-3-16)36(31,32)15-21(12-33-9-6-18(25)22-28,13-34-10-7-19(26)23-29)14-35-11-8-20(27)24-30;1-21-13(18)4-7-24-10-16(17,11-25-8-5-14(19)22-2)12-26-9-6-15(20)23-3;14-4-1-7-18-10-13(17,11-19-8-2-5-15)12-20-9-3-6-16;1-6-2-4-7(5-3-6)11(8,9)10;5-4(1-6,2-7)3-8;1-2-3-4;1-2(3)4;1-2/h5-8H,9-18H2,1-4H3;2-5,28-30H,6-15H2,1H3,(H,22,25)(H,23,26)(H,24,27);4-12,17H2,1-3H3;1-3,7-12,17H2;2-5H,1H3;6-8H,1-3,5H2;2H,1H2;1H3,(H,3,4);2H,1H3. The number of carboxylic acid groups (broad SMARTS) is 1. The summed E-state index contributed by atoms with van der Waals surface area (Å²) in [5, 5.41) is 98.1. The number of rotatable bonds is 67. The van der Waals surface area contributed by atoms with Gasteiger partial charge in [-0.1, -0.05) is 59.7 Å². The average molecular weight is 2180 g/mol. The van der Waals surface area contributed by atoms with Crippen LogP contribution in [0, 0.1) is 76.9 Å². The Bertz CT molecular complexity index is 4260. The highest BCUT2D eigenvalue weighted by Crippen LogP contribution is 2.30. The first-order valence-corrected chi connectivity index (χ1v) is 49.8. The number of carbonyl (C=O) groups is 10. The highest BCUT2D eigenvalue weighted by molar-refractivity contribution is 8.13. The lowest BCUT2D eigenvalue weighted by atomic mass is 9.93. The summed E-state index contributed by atoms with van der Waals surface area (Å²) in [6, 6.07) is 26.6. The number of ether oxygens (including phenoxy) is 18. The molecule has 0 unspecified atom stereocenters. The Morgan fingerprint density at radius 2 is 0.531 bits per heavy atom. The molecule has 0 atom stereocenters. The molecule has 3 aromatic rings. The highest BCUT2D eigenvalue weighted by Gasteiger charge is 2.41. The maximum absolute atomic E-state index is 13.3. The summed E-state index contributed by atoms with van der Waals surface area (Å²) >= 11 is 0. The number of allylic oxidation sites excluding steroid dienone is 1. The van der Waals surface area contributed by atoms with E-state index in [9.17, 15) is 68.4 Å². The van der Waals surface area contributed by atoms with Gasteiger partial charge < -0.3 is 128 Å². The molecule has 3 aromatic carbocycles. The highest BCUT2D eigenvalue weighted by atomic mass is 35.7. The van der Waals surface area contributed by atoms with E-state index in [-0.39, 0.29) is 211 Å². The summed E-state index contributed by atoms with van der Waals surface area (Å²) < 4.78 is 168. The molecule has 0 aliphatic carbocycles. The van der Waals surface area contributed by atoms with E-state index in [4.69, 9.17) is 152 Å². The molecule has 0 aliphatic heterocycles. The second-order valence-electron chi connectivity index (χ2n) is 31.0. The number of nitrogens with one attached hydrogen (secondary N) is 3. The number of aliphatic hydroxyl groups is 4. The quantitative estimate of drug-likeness (QED) is 0.00709. The molecule has 0 radical (unpaired) electrons. The Morgan fingerprint density at radius 1 is 0.354 bits per heavy atom. The first-order chi connectivity index (χ1) is 69.5. The number of carboxylic acids is 1. The van der Waals surface area contributed by atoms with Crippen LogP contribution < -0.4 is 33.6 Å². The fourth-order valence-electron chi connectivity index (χ4n) is 10.0. The largest absolute Gasteiger partial charge is 0.481 e. The number of benzene rings is 3. The van der Waals surface area contributed by atoms with E-state index in [2.05, 4.69) is 35.0 Å². The SMILES string of the molecule is C=CC#N.CC(=O)O.CO.COC(=O)CCOCC(COCCC(=O)OC)(COCCC(=O)OC)CS(=O)(=O)c1ccc(C)cc1.COC(=O)CCOCC(N)(COCCC(=O)OC)COCCC(=O)OC.Cc1ccc(S(=O)(=O)CC(COCCC(=O)NO)(COCCC(=O)NO)COCCC(=O)NO)cc1.Cc1ccc(S(=O)(=O)Cl)cc1.N#CCCOCC(N)(COCCC#N)COCCC#N.NC(CO)(CO)CO. The normalized spacial score (nSPS) is 10.9. The Hall–Kier alpha value is -10.7. The molecule has 147 heavy (non-hydrogen) atoms. The molecule has 0 aliphatic rings. The molecule has 0 heterocycles. The van der Waals surface area contributed by atoms with Crippen molar-refractivity contribution in [3.8, 4) is 24.3 Å². The van der Waals surface area contributed by atoms with Gasteiger partial charge in [0, 0.05) is 30.8 Å². The summed E-state index contributed by atoms with van der Waals surface area (Å²) in [5.74, 6) is -6.46. The third kappa shape index (κ3) is 82.9. The van der Waals surface area contributed by atoms with E-state index in [0.717, 1.165) is 30.7 Å². The summed E-state index contributed by atoms with van der Waals surface area (Å²) in [5.41, 5.74) is 19.0. The van der Waals surface area contributed by atoms with Crippen LogP contribution in [0.1, 0.15) is 101 Å². The van der Waals surface area contributed by atoms with Crippen LogP contribution in [0.2, 0.25) is 0 Å². The number of carbonyl (C=O) groups excluding carboxylic acids is 9. The maximum atomic E-state index is 13.3. The first kappa shape index (κ1) is 147. The molecule has 52 nitrogen and oxygen atoms in total. The zero-order valence-electron chi connectivity index (χ0n) is 84.8. The lowest BCUT2D eigenvalue weighted by Gasteiger charge is -2.33. The van der Waals surface area contributed by atoms with Gasteiger partial charge in [-0.05, 0) is 57.2 Å². The van der Waals surface area contributed by atoms with Crippen LogP contribution in [-0.2, 0) is 162 Å². The van der Waals surface area contributed by atoms with Crippen molar-refractivity contribution in [2.75, 3.05) is 240 Å². The number of halogens is 1. The number of nitrogens with two attached hydrogens (primary N) is 3. The molecule has 3 rings (SSSR count). The second-order valence-corrected chi connectivity index (χ2v) is 37.5. The van der Waals surface area contributed by atoms with Gasteiger partial charge in [-0.15, -0.1) is 0 Å². The number of aliphatic hydroxyl groups excluding tert-OH is 4. The number of nitrogens with zero attached hydrogens (tertiary/aromatic N) is 4. The predicted molar refractivity (Wildman–Crippen MR) is 519 cm³/mol. The third-order valence-corrected chi connectivity index (χ3v) is 23.2. The molecule has 0 spiro atoms. The number of amides is 3. The molecule has 0 saturated heterocycles. The monoisotopic (exact) mass is 2180 g/mol. The Balaban J connectivity index is -0.000000418. The molecule has 0 saturated carbocycles. The van der Waals surface area contributed by atoms with E-state index < -0.39 is 147 Å². The van der Waals surface area contributed by atoms with Crippen LogP contribution >= 0.6 is 10.7 Å². The number of sulfone groups is 2. The topological polar surface area (TPSA) is 810 Å². The summed E-state index contributed by atoms with van der Waals surface area (Å²) in [6.45, 7) is 8.90. The Morgan fingerprint density at radius 3 is 0.687 bits per heavy atom. The second kappa shape index (κ2) is 90.4. The van der Waals surface area contributed by atoms with Gasteiger partial charge in [0.1, 0.15) is 0 Å². The molecular formula is C91H147ClN10O42S3. The lowest BCUT2D eigenvalue weighted by Crippen LogP contribution is -2.53. The van der Waals surface area contributed by atoms with Gasteiger partial charge in [-0.25, -0.2) is 41.7 Å². The molecular weight excluding hydrogens is 2040 g/mol. The van der Waals surface area contributed by atoms with E-state index in [1.807, 2.05) is 39.0 Å². The first-order valence-electron chi connectivity index (χ1n) is 44.2. The molecule has 17 N–H and O–H groups in total. The van der Waals surface area contributed by atoms with Gasteiger partial charge in [-0.3, -0.25) is 63.6 Å². The smallest absolute Gasteiger partial charge is 0.307 e. The van der Waals surface area contributed by atoms with Gasteiger partial charge in [0.15, 0.2) is 19.7 Å². The van der Waals surface area contributed by atoms with Crippen molar-refractivity contribution in [2.45, 2.75) is 136 Å². The minimum Gasteiger partial charge on any atom is -0.481 e. The molecule has 0 bridgehead atoms. The average Bonchev–Trinajstić information content (AvgIpc) is 0.805. The number of esters is 6. The molecule has 0 fully saturated rings. The summed E-state index contributed by atoms with van der Waals surface area (Å²) in [6.07, 6.45) is 1.67. The molecule has 3 amide bonds. The fraction of sp³-hybridized carbons (Fsp3) is 0.626. The van der Waals surface area contributed by atoms with Crippen LogP contribution in [0.3, 0.4) is 0 Å². The number of nitriles is 4. The van der Waals surface area contributed by atoms with E-state index in [0.29, 0.717) is 39.1 Å². The van der Waals surface area contributed by atoms with Crippen molar-refractivity contribution in [1.29, 1.82) is 21.0 Å². The Labute approximate surface area is 861 Å². The van der Waals surface area contributed by atoms with Gasteiger partial charge in [0.25, 0.3) is 15.0 Å². The molecule has 56 heteroatoms. The fourth-order valence-corrected chi connectivity index (χ4v) is 14.3. The van der Waals surface area contributed by atoms with E-state index in [1.54, 1.807) is 42.5 Å². The van der Waals surface area contributed by atoms with E-state index in [1.165, 1.54) is 102 Å². The van der Waals surface area contributed by atoms with Gasteiger partial charge in [-0.2, -0.15) is 21.0 Å². The number of hydrogen-bond acceptors (Lipinski definition) is 48. The maximum Gasteiger partial charge on any atom is 0.307 e. The number of hydroxylamine groups is 3. The zero-order chi connectivity index (χ0) is 113. The third-order valence-electron chi connectivity index (χ3n) is 17.8. The van der Waals surface area contributed by atoms with Gasteiger partial charge in [0.05, 0.1) is 376 Å². The van der Waals surface area contributed by atoms with Crippen LogP contribution in [-0.4, -0.2) is 382 Å². The molecule has 838 valence electrons. The minimum absolute atomic E-state index is 0.0106.